The highest BCUT2D eigenvalue weighted by molar-refractivity contribution is 5.60. The highest BCUT2D eigenvalue weighted by Crippen LogP contribution is 2.52. The van der Waals surface area contributed by atoms with E-state index in [1.54, 1.807) is 7.11 Å². The molecule has 0 N–H and O–H groups in total. The molecule has 2 aliphatic rings. The summed E-state index contributed by atoms with van der Waals surface area (Å²) in [5, 5.41) is 0. The van der Waals surface area contributed by atoms with Gasteiger partial charge in [-0.05, 0) is 74.0 Å². The molecule has 2 fully saturated rings. The largest absolute Gasteiger partial charge is 0.497 e. The molecule has 2 bridgehead atoms. The number of hydrogen-bond donors (Lipinski definition) is 0. The van der Waals surface area contributed by atoms with Crippen molar-refractivity contribution in [2.75, 3.05) is 7.11 Å². The van der Waals surface area contributed by atoms with E-state index in [2.05, 4.69) is 45.0 Å². The lowest BCUT2D eigenvalue weighted by atomic mass is 9.85. The quantitative estimate of drug-likeness (QED) is 0.598. The zero-order valence-electron chi connectivity index (χ0n) is 15.9. The Bertz CT molecular complexity index is 495. The van der Waals surface area contributed by atoms with Gasteiger partial charge in [-0.1, -0.05) is 39.3 Å². The first-order valence-electron chi connectivity index (χ1n) is 9.64. The summed E-state index contributed by atoms with van der Waals surface area (Å²) in [5.74, 6) is 3.24. The normalized spacial score (nSPS) is 26.0. The summed E-state index contributed by atoms with van der Waals surface area (Å²) in [6.45, 7) is 6.84. The minimum absolute atomic E-state index is 0.171. The predicted octanol–water partition coefficient (Wildman–Crippen LogP) is 6.00. The van der Waals surface area contributed by atoms with Gasteiger partial charge in [0.25, 0.3) is 0 Å². The van der Waals surface area contributed by atoms with Crippen molar-refractivity contribution in [3.8, 4) is 5.75 Å². The van der Waals surface area contributed by atoms with Gasteiger partial charge in [0.2, 0.25) is 0 Å². The molecular formula is C22H34O2. The summed E-state index contributed by atoms with van der Waals surface area (Å²) < 4.78 is 5.17. The highest BCUT2D eigenvalue weighted by Gasteiger charge is 2.44. The third-order valence-corrected chi connectivity index (χ3v) is 5.99. The van der Waals surface area contributed by atoms with Crippen LogP contribution in [0.4, 0.5) is 0 Å². The van der Waals surface area contributed by atoms with Gasteiger partial charge in [-0.2, -0.15) is 0 Å². The monoisotopic (exact) mass is 330 g/mol. The average Bonchev–Trinajstić information content (AvgIpc) is 3.22. The van der Waals surface area contributed by atoms with Crippen molar-refractivity contribution >= 4 is 6.29 Å². The van der Waals surface area contributed by atoms with Crippen LogP contribution in [0.3, 0.4) is 0 Å². The number of carbonyl (C=O) groups is 1. The van der Waals surface area contributed by atoms with Crippen LogP contribution < -0.4 is 4.74 Å². The number of methoxy groups -OCH3 is 1. The van der Waals surface area contributed by atoms with Crippen molar-refractivity contribution in [1.82, 2.24) is 0 Å². The summed E-state index contributed by atoms with van der Waals surface area (Å²) in [6, 6.07) is 8.50. The molecule has 3 rings (SSSR count). The number of fused-ring (bicyclic) bond motifs is 2. The number of carbonyl (C=O) groups excluding carboxylic acids is 1. The standard InChI is InChI=1S/C14H22O.C8H12O/c1-5-6-14(11(2)3)12-7-9-13(15-4)10-8-12;9-6-8-3-1-7(5-8)2-4-8/h7-11,14H,5-6H2,1-4H3;6-7H,1-5H2. The van der Waals surface area contributed by atoms with E-state index < -0.39 is 0 Å². The fraction of sp³-hybridized carbons (Fsp3) is 0.682. The van der Waals surface area contributed by atoms with E-state index in [0.29, 0.717) is 11.8 Å². The molecule has 0 aliphatic heterocycles. The number of hydrogen-bond acceptors (Lipinski definition) is 2. The van der Waals surface area contributed by atoms with E-state index in [0.717, 1.165) is 11.7 Å². The lowest BCUT2D eigenvalue weighted by Crippen LogP contribution is -2.14. The molecule has 2 heteroatoms. The van der Waals surface area contributed by atoms with Crippen LogP contribution in [0.25, 0.3) is 0 Å². The van der Waals surface area contributed by atoms with E-state index in [9.17, 15) is 4.79 Å². The summed E-state index contributed by atoms with van der Waals surface area (Å²) in [7, 11) is 1.71. The minimum atomic E-state index is 0.171. The summed E-state index contributed by atoms with van der Waals surface area (Å²) in [5.41, 5.74) is 1.61. The number of ether oxygens (including phenoxy) is 1. The maximum atomic E-state index is 10.6. The Labute approximate surface area is 148 Å². The first-order chi connectivity index (χ1) is 11.5. The molecule has 2 nitrogen and oxygen atoms in total. The van der Waals surface area contributed by atoms with E-state index >= 15 is 0 Å². The molecule has 0 aromatic heterocycles. The topological polar surface area (TPSA) is 26.3 Å². The van der Waals surface area contributed by atoms with E-state index in [1.807, 2.05) is 0 Å². The zero-order valence-corrected chi connectivity index (χ0v) is 15.9. The lowest BCUT2D eigenvalue weighted by Gasteiger charge is -2.20. The molecule has 0 heterocycles. The number of aldehydes is 1. The highest BCUT2D eigenvalue weighted by atomic mass is 16.5. The van der Waals surface area contributed by atoms with Crippen LogP contribution in [-0.2, 0) is 4.79 Å². The fourth-order valence-corrected chi connectivity index (χ4v) is 4.45. The number of benzene rings is 1. The van der Waals surface area contributed by atoms with Gasteiger partial charge < -0.3 is 9.53 Å². The molecule has 0 saturated heterocycles. The van der Waals surface area contributed by atoms with Gasteiger partial charge in [-0.25, -0.2) is 0 Å². The van der Waals surface area contributed by atoms with Crippen molar-refractivity contribution < 1.29 is 9.53 Å². The molecule has 24 heavy (non-hydrogen) atoms. The zero-order chi connectivity index (χ0) is 17.6. The molecule has 1 aromatic carbocycles. The molecule has 0 spiro atoms. The molecule has 1 atom stereocenters. The SMILES string of the molecule is CCCC(c1ccc(OC)cc1)C(C)C.O=CC12CCC(CC1)C2. The average molecular weight is 331 g/mol. The number of rotatable bonds is 6. The van der Waals surface area contributed by atoms with Crippen molar-refractivity contribution in [1.29, 1.82) is 0 Å². The third kappa shape index (κ3) is 4.62. The van der Waals surface area contributed by atoms with Gasteiger partial charge >= 0.3 is 0 Å². The van der Waals surface area contributed by atoms with Gasteiger partial charge in [-0.3, -0.25) is 0 Å². The Morgan fingerprint density at radius 1 is 1.21 bits per heavy atom. The van der Waals surface area contributed by atoms with Gasteiger partial charge in [0.1, 0.15) is 12.0 Å². The first-order valence-corrected chi connectivity index (χ1v) is 9.64. The Morgan fingerprint density at radius 3 is 2.17 bits per heavy atom. The summed E-state index contributed by atoms with van der Waals surface area (Å²) in [6.07, 6.45) is 9.93. The molecule has 134 valence electrons. The maximum Gasteiger partial charge on any atom is 0.126 e. The Morgan fingerprint density at radius 2 is 1.83 bits per heavy atom. The second-order valence-corrected chi connectivity index (χ2v) is 8.04. The first kappa shape index (κ1) is 19.0. The molecule has 0 radical (unpaired) electrons. The van der Waals surface area contributed by atoms with E-state index in [-0.39, 0.29) is 5.41 Å². The van der Waals surface area contributed by atoms with Crippen LogP contribution in [0.1, 0.15) is 77.2 Å². The lowest BCUT2D eigenvalue weighted by molar-refractivity contribution is -0.115. The van der Waals surface area contributed by atoms with Crippen molar-refractivity contribution in [3.05, 3.63) is 29.8 Å². The molecule has 2 saturated carbocycles. The van der Waals surface area contributed by atoms with Crippen LogP contribution in [0.5, 0.6) is 5.75 Å². The van der Waals surface area contributed by atoms with Crippen LogP contribution in [0.15, 0.2) is 24.3 Å². The minimum Gasteiger partial charge on any atom is -0.497 e. The van der Waals surface area contributed by atoms with Crippen molar-refractivity contribution in [3.63, 3.8) is 0 Å². The molecule has 0 amide bonds. The predicted molar refractivity (Wildman–Crippen MR) is 101 cm³/mol. The molecule has 2 aliphatic carbocycles. The van der Waals surface area contributed by atoms with E-state index in [1.165, 1.54) is 56.8 Å². The van der Waals surface area contributed by atoms with Gasteiger partial charge in [-0.15, -0.1) is 0 Å². The Hall–Kier alpha value is -1.31. The Kier molecular flexibility index (Phi) is 6.89. The van der Waals surface area contributed by atoms with Gasteiger partial charge in [0.15, 0.2) is 0 Å². The second-order valence-electron chi connectivity index (χ2n) is 8.04. The van der Waals surface area contributed by atoms with Gasteiger partial charge in [0, 0.05) is 5.41 Å². The maximum absolute atomic E-state index is 10.6. The smallest absolute Gasteiger partial charge is 0.126 e. The molecule has 1 unspecified atom stereocenters. The second kappa shape index (κ2) is 8.69. The third-order valence-electron chi connectivity index (χ3n) is 5.99. The van der Waals surface area contributed by atoms with Crippen molar-refractivity contribution in [2.24, 2.45) is 17.3 Å². The summed E-state index contributed by atoms with van der Waals surface area (Å²) >= 11 is 0. The molecular weight excluding hydrogens is 296 g/mol. The summed E-state index contributed by atoms with van der Waals surface area (Å²) in [4.78, 5) is 10.6. The van der Waals surface area contributed by atoms with Crippen LogP contribution in [0.2, 0.25) is 0 Å². The van der Waals surface area contributed by atoms with Gasteiger partial charge in [0.05, 0.1) is 7.11 Å². The van der Waals surface area contributed by atoms with Crippen LogP contribution >= 0.6 is 0 Å². The van der Waals surface area contributed by atoms with Crippen LogP contribution in [-0.4, -0.2) is 13.4 Å². The van der Waals surface area contributed by atoms with E-state index in [4.69, 9.17) is 4.74 Å². The van der Waals surface area contributed by atoms with Crippen molar-refractivity contribution in [2.45, 2.75) is 71.6 Å². The Balaban J connectivity index is 0.000000194. The molecule has 1 aromatic rings. The fourth-order valence-electron chi connectivity index (χ4n) is 4.45. The van der Waals surface area contributed by atoms with Crippen LogP contribution in [0, 0.1) is 17.3 Å².